The minimum atomic E-state index is -1.08. The van der Waals surface area contributed by atoms with Crippen LogP contribution >= 0.6 is 0 Å². The Morgan fingerprint density at radius 3 is 1.27 bits per heavy atom. The molecule has 0 aliphatic heterocycles. The second-order valence-electron chi connectivity index (χ2n) is 7.31. The first-order valence-electron chi connectivity index (χ1n) is 10.7. The number of phenols is 2. The van der Waals surface area contributed by atoms with E-state index in [9.17, 15) is 10.2 Å². The standard InChI is InChI=1S/C24H18N2O2.2C2H4O2.Co/c27-23-11-5-3-9-19(23)15-25-21-13-17-7-1-2-8-18(17)14-22(21)26-16-20-10-4-6-12-24(20)28;2*1-2(3)4;/h1-16,27-28H;2*1H3,(H,3,4);/q;;;+2/p-2. The molecule has 0 amide bonds. The number of benzene rings is 4. The molecule has 0 aliphatic rings. The van der Waals surface area contributed by atoms with Gasteiger partial charge in [-0.25, -0.2) is 0 Å². The molecule has 0 fully saturated rings. The van der Waals surface area contributed by atoms with E-state index in [0.717, 1.165) is 24.6 Å². The van der Waals surface area contributed by atoms with E-state index in [1.54, 1.807) is 48.8 Å². The van der Waals surface area contributed by atoms with Gasteiger partial charge in [-0.05, 0) is 61.0 Å². The smallest absolute Gasteiger partial charge is 0.550 e. The van der Waals surface area contributed by atoms with Crippen molar-refractivity contribution in [3.8, 4) is 11.5 Å². The van der Waals surface area contributed by atoms with E-state index in [2.05, 4.69) is 9.98 Å². The summed E-state index contributed by atoms with van der Waals surface area (Å²) in [6.07, 6.45) is 3.25. The van der Waals surface area contributed by atoms with Crippen LogP contribution in [0.3, 0.4) is 0 Å². The summed E-state index contributed by atoms with van der Waals surface area (Å²) in [5, 5.41) is 39.8. The summed E-state index contributed by atoms with van der Waals surface area (Å²) in [7, 11) is 0. The summed E-state index contributed by atoms with van der Waals surface area (Å²) in [5.41, 5.74) is 2.61. The molecule has 0 unspecified atom stereocenters. The van der Waals surface area contributed by atoms with E-state index in [1.807, 2.05) is 48.5 Å². The molecular weight excluding hydrogens is 519 g/mol. The first-order valence-corrected chi connectivity index (χ1v) is 10.7. The van der Waals surface area contributed by atoms with Gasteiger partial charge in [0.05, 0.1) is 11.4 Å². The second-order valence-corrected chi connectivity index (χ2v) is 7.31. The van der Waals surface area contributed by atoms with E-state index in [1.165, 1.54) is 0 Å². The van der Waals surface area contributed by atoms with Crippen LogP contribution in [0, 0.1) is 0 Å². The van der Waals surface area contributed by atoms with E-state index in [4.69, 9.17) is 19.8 Å². The Morgan fingerprint density at radius 1 is 0.649 bits per heavy atom. The number of aromatic hydroxyl groups is 2. The van der Waals surface area contributed by atoms with Crippen LogP contribution in [0.15, 0.2) is 94.9 Å². The van der Waals surface area contributed by atoms with E-state index in [0.29, 0.717) is 22.5 Å². The fourth-order valence-electron chi connectivity index (χ4n) is 2.89. The summed E-state index contributed by atoms with van der Waals surface area (Å²) >= 11 is 0. The Balaban J connectivity index is 0.000000671. The average Bonchev–Trinajstić information content (AvgIpc) is 2.82. The predicted octanol–water partition coefficient (Wildman–Crippen LogP) is 3.26. The number of carboxylic acids is 2. The maximum absolute atomic E-state index is 9.96. The number of rotatable bonds is 4. The number of hydrogen-bond acceptors (Lipinski definition) is 8. The molecule has 0 saturated heterocycles. The molecule has 191 valence electrons. The van der Waals surface area contributed by atoms with Crippen LogP contribution in [0.5, 0.6) is 11.5 Å². The van der Waals surface area contributed by atoms with Crippen molar-refractivity contribution in [3.05, 3.63) is 96.1 Å². The molecule has 2 N–H and O–H groups in total. The van der Waals surface area contributed by atoms with Crippen molar-refractivity contribution in [1.82, 2.24) is 0 Å². The Kier molecular flexibility index (Phi) is 12.8. The minimum absolute atomic E-state index is 0. The van der Waals surface area contributed by atoms with E-state index < -0.39 is 11.9 Å². The van der Waals surface area contributed by atoms with Crippen molar-refractivity contribution in [3.63, 3.8) is 0 Å². The van der Waals surface area contributed by atoms with Gasteiger partial charge in [0, 0.05) is 35.5 Å². The maximum atomic E-state index is 9.96. The third-order valence-electron chi connectivity index (χ3n) is 4.40. The van der Waals surface area contributed by atoms with Gasteiger partial charge in [0.15, 0.2) is 0 Å². The first-order chi connectivity index (χ1) is 17.2. The summed E-state index contributed by atoms with van der Waals surface area (Å²) in [5.74, 6) is -1.82. The molecular formula is C28H24CoN2O6. The molecule has 9 heteroatoms. The zero-order chi connectivity index (χ0) is 26.5. The SMILES string of the molecule is CC(=O)[O-].CC(=O)[O-].Oc1ccccc1C=Nc1cc2ccccc2cc1N=Cc1ccccc1O.[Co+2]. The third-order valence-corrected chi connectivity index (χ3v) is 4.40. The van der Waals surface area contributed by atoms with Crippen LogP contribution in [-0.4, -0.2) is 34.6 Å². The molecule has 37 heavy (non-hydrogen) atoms. The van der Waals surface area contributed by atoms with Crippen molar-refractivity contribution >= 4 is 46.5 Å². The number of aliphatic imine (C=N–C) groups is 2. The first kappa shape index (κ1) is 30.6. The van der Waals surface area contributed by atoms with Crippen LogP contribution in [-0.2, 0) is 26.4 Å². The zero-order valence-electron chi connectivity index (χ0n) is 20.0. The summed E-state index contributed by atoms with van der Waals surface area (Å²) in [6, 6.07) is 26.0. The van der Waals surface area contributed by atoms with Crippen molar-refractivity contribution in [2.75, 3.05) is 0 Å². The van der Waals surface area contributed by atoms with Crippen LogP contribution in [0.1, 0.15) is 25.0 Å². The van der Waals surface area contributed by atoms with Gasteiger partial charge in [-0.15, -0.1) is 0 Å². The van der Waals surface area contributed by atoms with Crippen molar-refractivity contribution in [2.45, 2.75) is 13.8 Å². The van der Waals surface area contributed by atoms with Crippen molar-refractivity contribution in [2.24, 2.45) is 9.98 Å². The Labute approximate surface area is 224 Å². The third kappa shape index (κ3) is 10.8. The molecule has 0 saturated carbocycles. The number of carbonyl (C=O) groups excluding carboxylic acids is 2. The van der Waals surface area contributed by atoms with E-state index in [-0.39, 0.29) is 28.3 Å². The van der Waals surface area contributed by atoms with Crippen LogP contribution in [0.25, 0.3) is 10.8 Å². The number of carboxylic acid groups (broad SMARTS) is 2. The van der Waals surface area contributed by atoms with Gasteiger partial charge in [0.1, 0.15) is 11.5 Å². The van der Waals surface area contributed by atoms with Crippen molar-refractivity contribution < 1.29 is 46.8 Å². The number of fused-ring (bicyclic) bond motifs is 1. The number of carbonyl (C=O) groups is 2. The van der Waals surface area contributed by atoms with Crippen LogP contribution < -0.4 is 10.2 Å². The summed E-state index contributed by atoms with van der Waals surface area (Å²) < 4.78 is 0. The van der Waals surface area contributed by atoms with Crippen molar-refractivity contribution in [1.29, 1.82) is 0 Å². The van der Waals surface area contributed by atoms with Gasteiger partial charge < -0.3 is 30.0 Å². The largest absolute Gasteiger partial charge is 2.00 e. The van der Waals surface area contributed by atoms with Gasteiger partial charge >= 0.3 is 16.8 Å². The molecule has 0 heterocycles. The average molecular weight is 543 g/mol. The van der Waals surface area contributed by atoms with Gasteiger partial charge in [-0.2, -0.15) is 0 Å². The number of phenolic OH excluding ortho intramolecular Hbond substituents is 2. The molecule has 0 aromatic heterocycles. The quantitative estimate of drug-likeness (QED) is 0.378. The Morgan fingerprint density at radius 2 is 0.946 bits per heavy atom. The summed E-state index contributed by atoms with van der Waals surface area (Å²) in [4.78, 5) is 26.9. The Hall–Kier alpha value is -4.47. The fraction of sp³-hybridized carbons (Fsp3) is 0.0714. The summed E-state index contributed by atoms with van der Waals surface area (Å²) in [6.45, 7) is 1.94. The normalized spacial score (nSPS) is 10.1. The number of hydrogen-bond donors (Lipinski definition) is 2. The molecule has 0 aliphatic carbocycles. The molecule has 0 bridgehead atoms. The zero-order valence-corrected chi connectivity index (χ0v) is 21.0. The minimum Gasteiger partial charge on any atom is -0.550 e. The molecule has 4 rings (SSSR count). The predicted molar refractivity (Wildman–Crippen MR) is 136 cm³/mol. The monoisotopic (exact) mass is 543 g/mol. The maximum Gasteiger partial charge on any atom is 2.00 e. The second kappa shape index (κ2) is 15.5. The molecule has 0 atom stereocenters. The van der Waals surface area contributed by atoms with Crippen LogP contribution in [0.2, 0.25) is 0 Å². The van der Waals surface area contributed by atoms with Crippen LogP contribution in [0.4, 0.5) is 11.4 Å². The van der Waals surface area contributed by atoms with Gasteiger partial charge in [0.25, 0.3) is 0 Å². The van der Waals surface area contributed by atoms with E-state index >= 15 is 0 Å². The van der Waals surface area contributed by atoms with Gasteiger partial charge in [-0.3, -0.25) is 9.98 Å². The molecule has 8 nitrogen and oxygen atoms in total. The Bertz CT molecular complexity index is 1290. The number of aliphatic carboxylic acids is 2. The van der Waals surface area contributed by atoms with Gasteiger partial charge in [-0.1, -0.05) is 48.5 Å². The number of para-hydroxylation sites is 2. The van der Waals surface area contributed by atoms with Gasteiger partial charge in [0.2, 0.25) is 0 Å². The fourth-order valence-corrected chi connectivity index (χ4v) is 2.89. The topological polar surface area (TPSA) is 145 Å². The molecule has 4 aromatic carbocycles. The molecule has 4 aromatic rings. The number of nitrogens with zero attached hydrogens (tertiary/aromatic N) is 2. The molecule has 0 spiro atoms. The molecule has 1 radical (unpaired) electrons.